The van der Waals surface area contributed by atoms with E-state index >= 15 is 0 Å². The minimum absolute atomic E-state index is 0.331. The van der Waals surface area contributed by atoms with E-state index in [2.05, 4.69) is 61.8 Å². The summed E-state index contributed by atoms with van der Waals surface area (Å²) in [4.78, 5) is 1.41. The maximum absolute atomic E-state index is 3.67. The molecule has 0 bridgehead atoms. The molecular formula is C17H23NS. The van der Waals surface area contributed by atoms with Gasteiger partial charge in [-0.2, -0.15) is 0 Å². The van der Waals surface area contributed by atoms with Crippen molar-refractivity contribution < 1.29 is 0 Å². The maximum Gasteiger partial charge on any atom is 0.0587 e. The first kappa shape index (κ1) is 14.3. The van der Waals surface area contributed by atoms with Crippen molar-refractivity contribution in [1.82, 2.24) is 5.32 Å². The van der Waals surface area contributed by atoms with Crippen molar-refractivity contribution in [3.8, 4) is 0 Å². The Labute approximate surface area is 120 Å². The molecule has 102 valence electrons. The van der Waals surface area contributed by atoms with Crippen LogP contribution in [0.1, 0.15) is 47.9 Å². The van der Waals surface area contributed by atoms with E-state index in [0.29, 0.717) is 6.04 Å². The van der Waals surface area contributed by atoms with Crippen molar-refractivity contribution in [3.63, 3.8) is 0 Å². The maximum atomic E-state index is 3.67. The average molecular weight is 273 g/mol. The van der Waals surface area contributed by atoms with Crippen LogP contribution < -0.4 is 5.32 Å². The highest BCUT2D eigenvalue weighted by atomic mass is 32.1. The molecule has 2 rings (SSSR count). The Morgan fingerprint density at radius 1 is 1.11 bits per heavy atom. The van der Waals surface area contributed by atoms with Crippen molar-refractivity contribution in [3.05, 3.63) is 57.3 Å². The lowest BCUT2D eigenvalue weighted by Gasteiger charge is -2.19. The van der Waals surface area contributed by atoms with Gasteiger partial charge in [-0.25, -0.2) is 0 Å². The predicted octanol–water partition coefficient (Wildman–Crippen LogP) is 4.71. The third kappa shape index (κ3) is 3.46. The molecule has 0 fully saturated rings. The standard InChI is InChI=1S/C17H23NS/c1-4-11-18-17(16-10-12-19-13(16)3)15-8-6-14(5-2)7-9-15/h6-10,12,17-18H,4-5,11H2,1-3H3. The third-order valence-corrected chi connectivity index (χ3v) is 4.39. The normalized spacial score (nSPS) is 12.6. The van der Waals surface area contributed by atoms with Crippen LogP contribution >= 0.6 is 11.3 Å². The van der Waals surface area contributed by atoms with Gasteiger partial charge in [-0.3, -0.25) is 0 Å². The monoisotopic (exact) mass is 273 g/mol. The molecule has 0 spiro atoms. The largest absolute Gasteiger partial charge is 0.306 e. The van der Waals surface area contributed by atoms with E-state index in [1.165, 1.54) is 21.6 Å². The molecular weight excluding hydrogens is 250 g/mol. The fraction of sp³-hybridized carbons (Fsp3) is 0.412. The molecule has 1 aromatic heterocycles. The number of hydrogen-bond acceptors (Lipinski definition) is 2. The van der Waals surface area contributed by atoms with Gasteiger partial charge in [0.15, 0.2) is 0 Å². The summed E-state index contributed by atoms with van der Waals surface area (Å²) in [5.74, 6) is 0. The van der Waals surface area contributed by atoms with Crippen molar-refractivity contribution in [2.75, 3.05) is 6.54 Å². The lowest BCUT2D eigenvalue weighted by molar-refractivity contribution is 0.598. The highest BCUT2D eigenvalue weighted by Gasteiger charge is 2.15. The number of rotatable bonds is 6. The number of benzene rings is 1. The molecule has 0 aliphatic rings. The second kappa shape index (κ2) is 6.88. The van der Waals surface area contributed by atoms with Crippen LogP contribution in [0.15, 0.2) is 35.7 Å². The van der Waals surface area contributed by atoms with Gasteiger partial charge in [0.2, 0.25) is 0 Å². The van der Waals surface area contributed by atoms with Gasteiger partial charge in [0.25, 0.3) is 0 Å². The molecule has 2 heteroatoms. The lowest BCUT2D eigenvalue weighted by atomic mass is 9.98. The van der Waals surface area contributed by atoms with Gasteiger partial charge in [0.05, 0.1) is 6.04 Å². The number of nitrogens with one attached hydrogen (secondary N) is 1. The van der Waals surface area contributed by atoms with E-state index < -0.39 is 0 Å². The molecule has 0 saturated heterocycles. The summed E-state index contributed by atoms with van der Waals surface area (Å²) in [6.07, 6.45) is 2.26. The summed E-state index contributed by atoms with van der Waals surface area (Å²) in [6.45, 7) is 7.67. The van der Waals surface area contributed by atoms with Gasteiger partial charge in [0, 0.05) is 4.88 Å². The van der Waals surface area contributed by atoms with Crippen molar-refractivity contribution in [2.24, 2.45) is 0 Å². The fourth-order valence-corrected chi connectivity index (χ4v) is 3.08. The molecule has 0 aliphatic carbocycles. The van der Waals surface area contributed by atoms with E-state index in [0.717, 1.165) is 19.4 Å². The van der Waals surface area contributed by atoms with Gasteiger partial charge >= 0.3 is 0 Å². The van der Waals surface area contributed by atoms with Gasteiger partial charge in [0.1, 0.15) is 0 Å². The third-order valence-electron chi connectivity index (χ3n) is 3.53. The first-order valence-corrected chi connectivity index (χ1v) is 8.00. The zero-order valence-corrected chi connectivity index (χ0v) is 12.9. The fourth-order valence-electron chi connectivity index (χ4n) is 2.34. The van der Waals surface area contributed by atoms with Crippen LogP contribution in [0.2, 0.25) is 0 Å². The summed E-state index contributed by atoms with van der Waals surface area (Å²) >= 11 is 1.83. The summed E-state index contributed by atoms with van der Waals surface area (Å²) in [5.41, 5.74) is 4.19. The second-order valence-electron chi connectivity index (χ2n) is 4.91. The van der Waals surface area contributed by atoms with Crippen molar-refractivity contribution in [2.45, 2.75) is 39.7 Å². The first-order valence-electron chi connectivity index (χ1n) is 7.12. The molecule has 1 nitrogen and oxygen atoms in total. The summed E-state index contributed by atoms with van der Waals surface area (Å²) in [7, 11) is 0. The van der Waals surface area contributed by atoms with Gasteiger partial charge in [-0.1, -0.05) is 38.1 Å². The van der Waals surface area contributed by atoms with Crippen LogP contribution in [0, 0.1) is 6.92 Å². The molecule has 1 aromatic carbocycles. The highest BCUT2D eigenvalue weighted by molar-refractivity contribution is 7.10. The molecule has 19 heavy (non-hydrogen) atoms. The first-order chi connectivity index (χ1) is 9.26. The van der Waals surface area contributed by atoms with Gasteiger partial charge < -0.3 is 5.32 Å². The zero-order valence-electron chi connectivity index (χ0n) is 12.1. The molecule has 0 radical (unpaired) electrons. The van der Waals surface area contributed by atoms with Crippen LogP contribution in [0.5, 0.6) is 0 Å². The molecule has 2 aromatic rings. The Kier molecular flexibility index (Phi) is 5.17. The Hall–Kier alpha value is -1.12. The molecule has 1 N–H and O–H groups in total. The average Bonchev–Trinajstić information content (AvgIpc) is 2.86. The lowest BCUT2D eigenvalue weighted by Crippen LogP contribution is -2.23. The van der Waals surface area contributed by atoms with Crippen LogP contribution in [0.3, 0.4) is 0 Å². The van der Waals surface area contributed by atoms with Gasteiger partial charge in [-0.15, -0.1) is 11.3 Å². The van der Waals surface area contributed by atoms with Gasteiger partial charge in [-0.05, 0) is 54.4 Å². The Balaban J connectivity index is 2.28. The molecule has 1 atom stereocenters. The van der Waals surface area contributed by atoms with Crippen molar-refractivity contribution in [1.29, 1.82) is 0 Å². The SMILES string of the molecule is CCCNC(c1ccc(CC)cc1)c1ccsc1C. The van der Waals surface area contributed by atoms with Crippen LogP contribution in [-0.2, 0) is 6.42 Å². The Morgan fingerprint density at radius 3 is 2.37 bits per heavy atom. The van der Waals surface area contributed by atoms with E-state index in [4.69, 9.17) is 0 Å². The predicted molar refractivity (Wildman–Crippen MR) is 85.0 cm³/mol. The minimum atomic E-state index is 0.331. The van der Waals surface area contributed by atoms with Crippen LogP contribution in [0.4, 0.5) is 0 Å². The van der Waals surface area contributed by atoms with E-state index in [9.17, 15) is 0 Å². The van der Waals surface area contributed by atoms with Crippen LogP contribution in [-0.4, -0.2) is 6.54 Å². The second-order valence-corrected chi connectivity index (χ2v) is 6.03. The van der Waals surface area contributed by atoms with Crippen LogP contribution in [0.25, 0.3) is 0 Å². The van der Waals surface area contributed by atoms with E-state index in [1.54, 1.807) is 0 Å². The van der Waals surface area contributed by atoms with E-state index in [1.807, 2.05) is 11.3 Å². The number of hydrogen-bond donors (Lipinski definition) is 1. The number of aryl methyl sites for hydroxylation is 2. The Morgan fingerprint density at radius 2 is 1.84 bits per heavy atom. The molecule has 1 unspecified atom stereocenters. The highest BCUT2D eigenvalue weighted by Crippen LogP contribution is 2.28. The smallest absolute Gasteiger partial charge is 0.0587 e. The quantitative estimate of drug-likeness (QED) is 0.804. The summed E-state index contributed by atoms with van der Waals surface area (Å²) < 4.78 is 0. The molecule has 0 saturated carbocycles. The summed E-state index contributed by atoms with van der Waals surface area (Å²) in [5, 5.41) is 5.86. The molecule has 1 heterocycles. The Bertz CT molecular complexity index is 498. The summed E-state index contributed by atoms with van der Waals surface area (Å²) in [6, 6.07) is 11.6. The minimum Gasteiger partial charge on any atom is -0.306 e. The molecule has 0 aliphatic heterocycles. The zero-order chi connectivity index (χ0) is 13.7. The topological polar surface area (TPSA) is 12.0 Å². The van der Waals surface area contributed by atoms with Crippen molar-refractivity contribution >= 4 is 11.3 Å². The molecule has 0 amide bonds. The van der Waals surface area contributed by atoms with E-state index in [-0.39, 0.29) is 0 Å². The number of thiophene rings is 1.